The van der Waals surface area contributed by atoms with Crippen LogP contribution in [0.25, 0.3) is 0 Å². The topological polar surface area (TPSA) is 95.8 Å². The number of nitrogens with zero attached hydrogens (tertiary/aromatic N) is 4. The monoisotopic (exact) mass is 241 g/mol. The summed E-state index contributed by atoms with van der Waals surface area (Å²) in [6.45, 7) is 0.402. The Morgan fingerprint density at radius 1 is 1.44 bits per heavy atom. The number of nitrogens with two attached hydrogens (primary N) is 1. The molecule has 7 nitrogen and oxygen atoms in total. The quantitative estimate of drug-likeness (QED) is 0.769. The minimum Gasteiger partial charge on any atom is -0.336 e. The van der Waals surface area contributed by atoms with E-state index in [2.05, 4.69) is 10.1 Å². The van der Waals surface area contributed by atoms with E-state index in [0.717, 1.165) is 5.82 Å². The van der Waals surface area contributed by atoms with Crippen LogP contribution in [0.15, 0.2) is 29.7 Å². The molecule has 8 heteroatoms. The number of aromatic nitrogens is 4. The molecule has 0 fully saturated rings. The largest absolute Gasteiger partial charge is 0.336 e. The molecule has 2 aromatic rings. The van der Waals surface area contributed by atoms with Gasteiger partial charge in [-0.3, -0.25) is 4.68 Å². The highest BCUT2D eigenvalue weighted by atomic mass is 32.2. The van der Waals surface area contributed by atoms with Gasteiger partial charge in [0, 0.05) is 25.6 Å². The van der Waals surface area contributed by atoms with Crippen molar-refractivity contribution in [1.82, 2.24) is 19.3 Å². The van der Waals surface area contributed by atoms with Crippen molar-refractivity contribution in [2.45, 2.75) is 11.6 Å². The van der Waals surface area contributed by atoms with E-state index in [1.807, 2.05) is 11.6 Å². The lowest BCUT2D eigenvalue weighted by atomic mass is 10.6. The molecule has 0 aliphatic carbocycles. The summed E-state index contributed by atoms with van der Waals surface area (Å²) in [5, 5.41) is 8.66. The third-order valence-electron chi connectivity index (χ3n) is 2.13. The van der Waals surface area contributed by atoms with Crippen LogP contribution >= 0.6 is 0 Å². The van der Waals surface area contributed by atoms with E-state index in [4.69, 9.17) is 5.14 Å². The standard InChI is InChI=1S/C8H11N5O2S/c1-12-5-3-10-7(12)6-13-4-2-8(11-13)16(9,14)15/h2-5H,6H2,1H3,(H2,9,14,15). The number of primary sulfonamides is 1. The van der Waals surface area contributed by atoms with Crippen molar-refractivity contribution in [2.75, 3.05) is 0 Å². The van der Waals surface area contributed by atoms with Crippen molar-refractivity contribution in [2.24, 2.45) is 12.2 Å². The van der Waals surface area contributed by atoms with Gasteiger partial charge in [-0.15, -0.1) is 0 Å². The predicted molar refractivity (Wildman–Crippen MR) is 55.9 cm³/mol. The molecule has 2 aromatic heterocycles. The maximum atomic E-state index is 11.0. The van der Waals surface area contributed by atoms with Crippen molar-refractivity contribution in [3.63, 3.8) is 0 Å². The van der Waals surface area contributed by atoms with Crippen LogP contribution in [0.2, 0.25) is 0 Å². The Morgan fingerprint density at radius 2 is 2.19 bits per heavy atom. The third-order valence-corrected chi connectivity index (χ3v) is 2.93. The highest BCUT2D eigenvalue weighted by Crippen LogP contribution is 2.04. The second-order valence-corrected chi connectivity index (χ2v) is 4.86. The van der Waals surface area contributed by atoms with Crippen molar-refractivity contribution < 1.29 is 8.42 Å². The zero-order chi connectivity index (χ0) is 11.8. The highest BCUT2D eigenvalue weighted by Gasteiger charge is 2.12. The zero-order valence-corrected chi connectivity index (χ0v) is 9.42. The molecular formula is C8H11N5O2S. The van der Waals surface area contributed by atoms with Crippen LogP contribution in [0.3, 0.4) is 0 Å². The van der Waals surface area contributed by atoms with Crippen LogP contribution in [0, 0.1) is 0 Å². The fourth-order valence-corrected chi connectivity index (χ4v) is 1.75. The summed E-state index contributed by atoms with van der Waals surface area (Å²) >= 11 is 0. The van der Waals surface area contributed by atoms with E-state index in [9.17, 15) is 8.42 Å². The first-order valence-corrected chi connectivity index (χ1v) is 6.04. The summed E-state index contributed by atoms with van der Waals surface area (Å²) < 4.78 is 25.3. The van der Waals surface area contributed by atoms with E-state index in [1.165, 1.54) is 10.7 Å². The fourth-order valence-electron chi connectivity index (χ4n) is 1.28. The molecule has 0 aliphatic rings. The van der Waals surface area contributed by atoms with E-state index in [1.54, 1.807) is 18.6 Å². The van der Waals surface area contributed by atoms with Gasteiger partial charge < -0.3 is 4.57 Å². The minimum absolute atomic E-state index is 0.137. The molecule has 0 saturated heterocycles. The normalized spacial score (nSPS) is 11.9. The summed E-state index contributed by atoms with van der Waals surface area (Å²) in [7, 11) is -1.88. The second kappa shape index (κ2) is 3.72. The molecule has 0 unspecified atom stereocenters. The van der Waals surface area contributed by atoms with Crippen molar-refractivity contribution in [3.8, 4) is 0 Å². The summed E-state index contributed by atoms with van der Waals surface area (Å²) in [6, 6.07) is 1.36. The van der Waals surface area contributed by atoms with Gasteiger partial charge in [-0.2, -0.15) is 5.10 Å². The van der Waals surface area contributed by atoms with Gasteiger partial charge in [0.05, 0.1) is 6.54 Å². The number of imidazole rings is 1. The molecule has 0 amide bonds. The van der Waals surface area contributed by atoms with E-state index in [0.29, 0.717) is 6.54 Å². The van der Waals surface area contributed by atoms with Crippen LogP contribution < -0.4 is 5.14 Å². The zero-order valence-electron chi connectivity index (χ0n) is 8.61. The van der Waals surface area contributed by atoms with Crippen molar-refractivity contribution >= 4 is 10.0 Å². The summed E-state index contributed by atoms with van der Waals surface area (Å²) in [6.07, 6.45) is 5.02. The Labute approximate surface area is 92.6 Å². The summed E-state index contributed by atoms with van der Waals surface area (Å²) in [5.74, 6) is 0.782. The van der Waals surface area contributed by atoms with Gasteiger partial charge in [0.15, 0.2) is 5.03 Å². The Kier molecular flexibility index (Phi) is 2.52. The van der Waals surface area contributed by atoms with Crippen LogP contribution in [-0.4, -0.2) is 27.7 Å². The maximum Gasteiger partial charge on any atom is 0.257 e. The van der Waals surface area contributed by atoms with Gasteiger partial charge in [-0.25, -0.2) is 18.5 Å². The van der Waals surface area contributed by atoms with Gasteiger partial charge in [0.1, 0.15) is 5.82 Å². The van der Waals surface area contributed by atoms with Crippen LogP contribution in [-0.2, 0) is 23.6 Å². The molecular weight excluding hydrogens is 230 g/mol. The molecule has 0 spiro atoms. The van der Waals surface area contributed by atoms with E-state index >= 15 is 0 Å². The first-order valence-electron chi connectivity index (χ1n) is 4.49. The smallest absolute Gasteiger partial charge is 0.257 e. The molecule has 0 aromatic carbocycles. The average Bonchev–Trinajstić information content (AvgIpc) is 2.76. The fraction of sp³-hybridized carbons (Fsp3) is 0.250. The number of aryl methyl sites for hydroxylation is 1. The van der Waals surface area contributed by atoms with Gasteiger partial charge >= 0.3 is 0 Å². The van der Waals surface area contributed by atoms with Gasteiger partial charge in [-0.05, 0) is 6.07 Å². The van der Waals surface area contributed by atoms with Crippen LogP contribution in [0.5, 0.6) is 0 Å². The Bertz CT molecular complexity index is 597. The first kappa shape index (κ1) is 10.8. The highest BCUT2D eigenvalue weighted by molar-refractivity contribution is 7.89. The Hall–Kier alpha value is -1.67. The van der Waals surface area contributed by atoms with Crippen molar-refractivity contribution in [3.05, 3.63) is 30.5 Å². The lowest BCUT2D eigenvalue weighted by Crippen LogP contribution is -2.14. The predicted octanol–water partition coefficient (Wildman–Crippen LogP) is -0.688. The molecule has 0 aliphatic heterocycles. The molecule has 2 rings (SSSR count). The number of sulfonamides is 1. The number of rotatable bonds is 3. The SMILES string of the molecule is Cn1ccnc1Cn1ccc(S(N)(=O)=O)n1. The summed E-state index contributed by atoms with van der Waals surface area (Å²) in [5.41, 5.74) is 0. The molecule has 0 atom stereocenters. The number of hydrogen-bond acceptors (Lipinski definition) is 4. The van der Waals surface area contributed by atoms with Gasteiger partial charge in [-0.1, -0.05) is 0 Å². The molecule has 16 heavy (non-hydrogen) atoms. The Balaban J connectivity index is 2.25. The van der Waals surface area contributed by atoms with Crippen molar-refractivity contribution in [1.29, 1.82) is 0 Å². The molecule has 2 heterocycles. The minimum atomic E-state index is -3.73. The molecule has 0 saturated carbocycles. The third kappa shape index (κ3) is 2.12. The maximum absolute atomic E-state index is 11.0. The molecule has 0 radical (unpaired) electrons. The Morgan fingerprint density at radius 3 is 2.69 bits per heavy atom. The van der Waals surface area contributed by atoms with Gasteiger partial charge in [0.2, 0.25) is 0 Å². The lowest BCUT2D eigenvalue weighted by molar-refractivity contribution is 0.579. The second-order valence-electron chi connectivity index (χ2n) is 3.35. The molecule has 86 valence electrons. The molecule has 0 bridgehead atoms. The molecule has 2 N–H and O–H groups in total. The average molecular weight is 241 g/mol. The van der Waals surface area contributed by atoms with E-state index in [-0.39, 0.29) is 5.03 Å². The summed E-state index contributed by atoms with van der Waals surface area (Å²) in [4.78, 5) is 4.10. The van der Waals surface area contributed by atoms with Crippen LogP contribution in [0.1, 0.15) is 5.82 Å². The lowest BCUT2D eigenvalue weighted by Gasteiger charge is -2.01. The van der Waals surface area contributed by atoms with E-state index < -0.39 is 10.0 Å². The first-order chi connectivity index (χ1) is 7.47. The van der Waals surface area contributed by atoms with Crippen LogP contribution in [0.4, 0.5) is 0 Å². The number of hydrogen-bond donors (Lipinski definition) is 1. The van der Waals surface area contributed by atoms with Gasteiger partial charge in [0.25, 0.3) is 10.0 Å².